The zero-order valence-electron chi connectivity index (χ0n) is 21.0. The minimum atomic E-state index is -4.61. The van der Waals surface area contributed by atoms with E-state index < -0.39 is 30.2 Å². The molecule has 12 heteroatoms. The summed E-state index contributed by atoms with van der Waals surface area (Å²) in [6.07, 6.45) is -4.55. The molecule has 2 heterocycles. The normalized spacial score (nSPS) is 16.1. The number of benzene rings is 3. The highest BCUT2D eigenvalue weighted by Crippen LogP contribution is 2.35. The van der Waals surface area contributed by atoms with Gasteiger partial charge in [-0.2, -0.15) is 13.2 Å². The SMILES string of the molecule is O=C(COc1ccc(N2CC(C(=O)NCc3ccc4c(c3)OCO4)CC2=O)cc1)Nc1ccccc1C(F)(F)F. The summed E-state index contributed by atoms with van der Waals surface area (Å²) in [5, 5.41) is 5.07. The van der Waals surface area contributed by atoms with Gasteiger partial charge in [-0.3, -0.25) is 14.4 Å². The zero-order valence-corrected chi connectivity index (χ0v) is 21.0. The number of carbonyl (C=O) groups excluding carboxylic acids is 3. The molecule has 0 radical (unpaired) electrons. The summed E-state index contributed by atoms with van der Waals surface area (Å²) in [5.41, 5.74) is 0.0727. The van der Waals surface area contributed by atoms with Gasteiger partial charge in [-0.05, 0) is 54.1 Å². The molecule has 208 valence electrons. The van der Waals surface area contributed by atoms with Crippen LogP contribution >= 0.6 is 0 Å². The third kappa shape index (κ3) is 6.11. The highest BCUT2D eigenvalue weighted by molar-refractivity contribution is 6.00. The molecule has 3 amide bonds. The van der Waals surface area contributed by atoms with Crippen molar-refractivity contribution in [2.75, 3.05) is 30.2 Å². The molecular weight excluding hydrogens is 531 g/mol. The van der Waals surface area contributed by atoms with Crippen molar-refractivity contribution in [3.8, 4) is 17.2 Å². The Morgan fingerprint density at radius 2 is 1.75 bits per heavy atom. The fraction of sp³-hybridized carbons (Fsp3) is 0.250. The smallest absolute Gasteiger partial charge is 0.418 e. The lowest BCUT2D eigenvalue weighted by Crippen LogP contribution is -2.32. The molecule has 9 nitrogen and oxygen atoms in total. The molecule has 1 saturated heterocycles. The van der Waals surface area contributed by atoms with Crippen LogP contribution in [0.25, 0.3) is 0 Å². The van der Waals surface area contributed by atoms with Crippen LogP contribution in [-0.4, -0.2) is 37.7 Å². The molecule has 0 aromatic heterocycles. The van der Waals surface area contributed by atoms with E-state index in [2.05, 4.69) is 10.6 Å². The Morgan fingerprint density at radius 3 is 2.52 bits per heavy atom. The molecule has 1 unspecified atom stereocenters. The van der Waals surface area contributed by atoms with Crippen molar-refractivity contribution in [3.63, 3.8) is 0 Å². The number of ether oxygens (including phenoxy) is 3. The van der Waals surface area contributed by atoms with Gasteiger partial charge in [-0.15, -0.1) is 0 Å². The van der Waals surface area contributed by atoms with Crippen LogP contribution < -0.4 is 29.7 Å². The summed E-state index contributed by atoms with van der Waals surface area (Å²) in [6, 6.07) is 16.3. The number of halogens is 3. The van der Waals surface area contributed by atoms with Crippen molar-refractivity contribution in [2.24, 2.45) is 5.92 Å². The average molecular weight is 556 g/mol. The third-order valence-corrected chi connectivity index (χ3v) is 6.42. The topological polar surface area (TPSA) is 106 Å². The van der Waals surface area contributed by atoms with Crippen LogP contribution in [0.5, 0.6) is 17.2 Å². The first-order valence-corrected chi connectivity index (χ1v) is 12.3. The molecular formula is C28H24F3N3O6. The minimum absolute atomic E-state index is 0.0603. The Kier molecular flexibility index (Phi) is 7.50. The van der Waals surface area contributed by atoms with Gasteiger partial charge in [-0.25, -0.2) is 0 Å². The van der Waals surface area contributed by atoms with Gasteiger partial charge >= 0.3 is 6.18 Å². The van der Waals surface area contributed by atoms with E-state index in [0.717, 1.165) is 17.7 Å². The van der Waals surface area contributed by atoms with Gasteiger partial charge in [0, 0.05) is 25.2 Å². The third-order valence-electron chi connectivity index (χ3n) is 6.42. The molecule has 2 aliphatic rings. The van der Waals surface area contributed by atoms with Gasteiger partial charge in [0.1, 0.15) is 5.75 Å². The fourth-order valence-corrected chi connectivity index (χ4v) is 4.41. The van der Waals surface area contributed by atoms with Crippen LogP contribution in [0, 0.1) is 5.92 Å². The average Bonchev–Trinajstić information content (AvgIpc) is 3.57. The van der Waals surface area contributed by atoms with Gasteiger partial charge in [0.15, 0.2) is 18.1 Å². The van der Waals surface area contributed by atoms with Crippen LogP contribution in [-0.2, 0) is 27.1 Å². The summed E-state index contributed by atoms with van der Waals surface area (Å²) in [4.78, 5) is 39.0. The van der Waals surface area contributed by atoms with Crippen LogP contribution in [0.2, 0.25) is 0 Å². The van der Waals surface area contributed by atoms with E-state index in [1.54, 1.807) is 24.3 Å². The van der Waals surface area contributed by atoms with Gasteiger partial charge in [-0.1, -0.05) is 18.2 Å². The van der Waals surface area contributed by atoms with E-state index in [0.29, 0.717) is 17.2 Å². The van der Waals surface area contributed by atoms with Crippen LogP contribution in [0.15, 0.2) is 66.7 Å². The highest BCUT2D eigenvalue weighted by atomic mass is 19.4. The Labute approximate surface area is 226 Å². The lowest BCUT2D eigenvalue weighted by molar-refractivity contribution is -0.137. The highest BCUT2D eigenvalue weighted by Gasteiger charge is 2.35. The van der Waals surface area contributed by atoms with Crippen molar-refractivity contribution in [1.29, 1.82) is 0 Å². The fourth-order valence-electron chi connectivity index (χ4n) is 4.41. The number of hydrogen-bond donors (Lipinski definition) is 2. The molecule has 0 bridgehead atoms. The minimum Gasteiger partial charge on any atom is -0.484 e. The maximum Gasteiger partial charge on any atom is 0.418 e. The van der Waals surface area contributed by atoms with Crippen molar-refractivity contribution < 1.29 is 41.8 Å². The second-order valence-electron chi connectivity index (χ2n) is 9.18. The number of nitrogens with zero attached hydrogens (tertiary/aromatic N) is 1. The predicted molar refractivity (Wildman–Crippen MR) is 137 cm³/mol. The van der Waals surface area contributed by atoms with Gasteiger partial charge in [0.25, 0.3) is 5.91 Å². The van der Waals surface area contributed by atoms with Crippen molar-refractivity contribution in [1.82, 2.24) is 5.32 Å². The molecule has 40 heavy (non-hydrogen) atoms. The van der Waals surface area contributed by atoms with Gasteiger partial charge < -0.3 is 29.7 Å². The maximum absolute atomic E-state index is 13.1. The van der Waals surface area contributed by atoms with E-state index in [1.807, 2.05) is 6.07 Å². The summed E-state index contributed by atoms with van der Waals surface area (Å²) in [6.45, 7) is 0.127. The number of fused-ring (bicyclic) bond motifs is 1. The second kappa shape index (κ2) is 11.2. The molecule has 3 aromatic carbocycles. The largest absolute Gasteiger partial charge is 0.484 e. The molecule has 0 spiro atoms. The molecule has 2 aliphatic heterocycles. The van der Waals surface area contributed by atoms with E-state index in [9.17, 15) is 27.6 Å². The number of rotatable bonds is 8. The first kappa shape index (κ1) is 26.9. The molecule has 5 rings (SSSR count). The molecule has 2 N–H and O–H groups in total. The number of hydrogen-bond acceptors (Lipinski definition) is 6. The quantitative estimate of drug-likeness (QED) is 0.433. The Balaban J connectivity index is 1.11. The first-order valence-electron chi connectivity index (χ1n) is 12.3. The molecule has 1 fully saturated rings. The summed E-state index contributed by atoms with van der Waals surface area (Å²) in [7, 11) is 0. The van der Waals surface area contributed by atoms with Crippen LogP contribution in [0.3, 0.4) is 0 Å². The van der Waals surface area contributed by atoms with E-state index in [-0.39, 0.29) is 49.6 Å². The maximum atomic E-state index is 13.1. The van der Waals surface area contributed by atoms with E-state index >= 15 is 0 Å². The van der Waals surface area contributed by atoms with Gasteiger partial charge in [0.05, 0.1) is 17.2 Å². The Hall–Kier alpha value is -4.74. The molecule has 0 saturated carbocycles. The molecule has 0 aliphatic carbocycles. The van der Waals surface area contributed by atoms with E-state index in [4.69, 9.17) is 14.2 Å². The number of alkyl halides is 3. The van der Waals surface area contributed by atoms with Crippen molar-refractivity contribution in [2.45, 2.75) is 19.1 Å². The zero-order chi connectivity index (χ0) is 28.3. The Morgan fingerprint density at radius 1 is 1.00 bits per heavy atom. The number of anilines is 2. The van der Waals surface area contributed by atoms with Gasteiger partial charge in [0.2, 0.25) is 18.6 Å². The van der Waals surface area contributed by atoms with E-state index in [1.165, 1.54) is 29.2 Å². The number of para-hydroxylation sites is 1. The Bertz CT molecular complexity index is 1430. The lowest BCUT2D eigenvalue weighted by Gasteiger charge is -2.17. The second-order valence-corrected chi connectivity index (χ2v) is 9.18. The lowest BCUT2D eigenvalue weighted by atomic mass is 10.1. The number of amides is 3. The molecule has 3 aromatic rings. The standard InChI is InChI=1S/C28H24F3N3O6/c29-28(30,31)21-3-1-2-4-22(21)33-25(35)15-38-20-8-6-19(7-9-20)34-14-18(12-26(34)36)27(37)32-13-17-5-10-23-24(11-17)40-16-39-23/h1-11,18H,12-16H2,(H,32,37)(H,33,35). The van der Waals surface area contributed by atoms with Crippen molar-refractivity contribution >= 4 is 29.1 Å². The summed E-state index contributed by atoms with van der Waals surface area (Å²) in [5.74, 6) is -0.183. The summed E-state index contributed by atoms with van der Waals surface area (Å²) < 4.78 is 55.4. The first-order chi connectivity index (χ1) is 19.2. The summed E-state index contributed by atoms with van der Waals surface area (Å²) >= 11 is 0. The predicted octanol–water partition coefficient (Wildman–Crippen LogP) is 4.12. The monoisotopic (exact) mass is 555 g/mol. The number of nitrogens with one attached hydrogen (secondary N) is 2. The van der Waals surface area contributed by atoms with Crippen LogP contribution in [0.1, 0.15) is 17.5 Å². The van der Waals surface area contributed by atoms with Crippen molar-refractivity contribution in [3.05, 3.63) is 77.9 Å². The van der Waals surface area contributed by atoms with Crippen LogP contribution in [0.4, 0.5) is 24.5 Å². The number of carbonyl (C=O) groups is 3. The molecule has 1 atom stereocenters.